The Morgan fingerprint density at radius 3 is 2.29 bits per heavy atom. The molecule has 0 saturated carbocycles. The molecule has 0 aromatic rings. The van der Waals surface area contributed by atoms with E-state index in [4.69, 9.17) is 4.74 Å². The van der Waals surface area contributed by atoms with Crippen LogP contribution in [0.5, 0.6) is 0 Å². The van der Waals surface area contributed by atoms with Crippen LogP contribution in [0.4, 0.5) is 4.79 Å². The summed E-state index contributed by atoms with van der Waals surface area (Å²) in [7, 11) is 4.03. The van der Waals surface area contributed by atoms with Crippen LogP contribution >= 0.6 is 0 Å². The average Bonchev–Trinajstić information content (AvgIpc) is 2.18. The third-order valence-corrected chi connectivity index (χ3v) is 2.35. The molecule has 0 unspecified atom stereocenters. The van der Waals surface area contributed by atoms with Crippen molar-refractivity contribution in [2.75, 3.05) is 46.9 Å². The molecule has 0 atom stereocenters. The topological polar surface area (TPSA) is 36.0 Å². The van der Waals surface area contributed by atoms with Gasteiger partial charge in [0.2, 0.25) is 0 Å². The van der Waals surface area contributed by atoms with Crippen LogP contribution < -0.4 is 0 Å². The predicted molar refractivity (Wildman–Crippen MR) is 53.9 cm³/mol. The van der Waals surface area contributed by atoms with Crippen LogP contribution in [0.3, 0.4) is 0 Å². The molecule has 5 nitrogen and oxygen atoms in total. The summed E-state index contributed by atoms with van der Waals surface area (Å²) in [5, 5.41) is 4.26. The molecule has 1 aliphatic rings. The van der Waals surface area contributed by atoms with E-state index in [-0.39, 0.29) is 6.09 Å². The van der Waals surface area contributed by atoms with Crippen LogP contribution in [0.15, 0.2) is 0 Å². The Morgan fingerprint density at radius 2 is 1.86 bits per heavy atom. The molecule has 1 aliphatic heterocycles. The second kappa shape index (κ2) is 5.17. The van der Waals surface area contributed by atoms with E-state index in [1.165, 1.54) is 0 Å². The summed E-state index contributed by atoms with van der Waals surface area (Å²) in [4.78, 5) is 13.1. The van der Waals surface area contributed by atoms with E-state index < -0.39 is 0 Å². The van der Waals surface area contributed by atoms with Crippen LogP contribution in [0.1, 0.15) is 6.92 Å². The van der Waals surface area contributed by atoms with Gasteiger partial charge < -0.3 is 9.64 Å². The summed E-state index contributed by atoms with van der Waals surface area (Å²) in [5.41, 5.74) is 0. The minimum absolute atomic E-state index is 0.189. The highest BCUT2D eigenvalue weighted by Gasteiger charge is 2.22. The minimum atomic E-state index is -0.189. The van der Waals surface area contributed by atoms with Crippen LogP contribution in [0, 0.1) is 0 Å². The van der Waals surface area contributed by atoms with Crippen LogP contribution in [-0.4, -0.2) is 67.9 Å². The molecule has 0 radical (unpaired) electrons. The summed E-state index contributed by atoms with van der Waals surface area (Å²) >= 11 is 0. The van der Waals surface area contributed by atoms with Gasteiger partial charge in [0.1, 0.15) is 0 Å². The summed E-state index contributed by atoms with van der Waals surface area (Å²) < 4.78 is 4.93. The van der Waals surface area contributed by atoms with Crippen molar-refractivity contribution in [3.8, 4) is 0 Å². The average molecular weight is 201 g/mol. The van der Waals surface area contributed by atoms with Gasteiger partial charge in [-0.1, -0.05) is 0 Å². The number of nitrogens with zero attached hydrogens (tertiary/aromatic N) is 3. The first kappa shape index (κ1) is 11.3. The van der Waals surface area contributed by atoms with E-state index in [1.54, 1.807) is 4.90 Å². The molecular weight excluding hydrogens is 182 g/mol. The molecule has 1 rings (SSSR count). The lowest BCUT2D eigenvalue weighted by Gasteiger charge is -2.37. The highest BCUT2D eigenvalue weighted by atomic mass is 16.6. The van der Waals surface area contributed by atoms with Crippen molar-refractivity contribution in [3.63, 3.8) is 0 Å². The van der Waals surface area contributed by atoms with Gasteiger partial charge in [-0.05, 0) is 6.92 Å². The minimum Gasteiger partial charge on any atom is -0.450 e. The monoisotopic (exact) mass is 201 g/mol. The molecule has 1 amide bonds. The molecule has 0 N–H and O–H groups in total. The zero-order chi connectivity index (χ0) is 10.6. The molecule has 1 heterocycles. The van der Waals surface area contributed by atoms with Gasteiger partial charge in [0.05, 0.1) is 6.61 Å². The van der Waals surface area contributed by atoms with Crippen LogP contribution in [-0.2, 0) is 4.74 Å². The zero-order valence-corrected chi connectivity index (χ0v) is 9.19. The van der Waals surface area contributed by atoms with Gasteiger partial charge in [0.15, 0.2) is 0 Å². The fourth-order valence-electron chi connectivity index (χ4n) is 1.49. The number of hydrogen-bond acceptors (Lipinski definition) is 4. The molecule has 5 heteroatoms. The maximum Gasteiger partial charge on any atom is 0.409 e. The first-order valence-electron chi connectivity index (χ1n) is 4.99. The maximum absolute atomic E-state index is 11.3. The number of hydrazine groups is 1. The normalized spacial score (nSPS) is 18.7. The lowest BCUT2D eigenvalue weighted by Crippen LogP contribution is -2.52. The van der Waals surface area contributed by atoms with E-state index >= 15 is 0 Å². The van der Waals surface area contributed by atoms with Crippen molar-refractivity contribution in [1.82, 2.24) is 14.9 Å². The summed E-state index contributed by atoms with van der Waals surface area (Å²) in [6.45, 7) is 5.53. The molecule has 0 aromatic carbocycles. The summed E-state index contributed by atoms with van der Waals surface area (Å²) in [6.07, 6.45) is -0.189. The quantitative estimate of drug-likeness (QED) is 0.641. The molecule has 0 bridgehead atoms. The smallest absolute Gasteiger partial charge is 0.409 e. The Bertz CT molecular complexity index is 188. The van der Waals surface area contributed by atoms with Crippen LogP contribution in [0.25, 0.3) is 0 Å². The van der Waals surface area contributed by atoms with E-state index in [0.29, 0.717) is 6.61 Å². The summed E-state index contributed by atoms with van der Waals surface area (Å²) in [5.74, 6) is 0. The molecule has 82 valence electrons. The SMILES string of the molecule is CCOC(=O)N1CCN(N(C)C)CC1. The van der Waals surface area contributed by atoms with Gasteiger partial charge >= 0.3 is 6.09 Å². The predicted octanol–water partition coefficient (Wildman–Crippen LogP) is 0.237. The number of carbonyl (C=O) groups excluding carboxylic acids is 1. The van der Waals surface area contributed by atoms with E-state index in [2.05, 4.69) is 10.0 Å². The second-order valence-electron chi connectivity index (χ2n) is 3.49. The first-order chi connectivity index (χ1) is 6.65. The second-order valence-corrected chi connectivity index (χ2v) is 3.49. The van der Waals surface area contributed by atoms with Crippen molar-refractivity contribution in [2.45, 2.75) is 6.92 Å². The Hall–Kier alpha value is -0.810. The fraction of sp³-hybridized carbons (Fsp3) is 0.889. The molecule has 1 saturated heterocycles. The van der Waals surface area contributed by atoms with Crippen molar-refractivity contribution < 1.29 is 9.53 Å². The molecule has 0 spiro atoms. The Morgan fingerprint density at radius 1 is 1.29 bits per heavy atom. The third-order valence-electron chi connectivity index (χ3n) is 2.35. The Labute approximate surface area is 85.2 Å². The number of ether oxygens (including phenoxy) is 1. The van der Waals surface area contributed by atoms with Crippen molar-refractivity contribution in [2.24, 2.45) is 0 Å². The van der Waals surface area contributed by atoms with Crippen molar-refractivity contribution >= 4 is 6.09 Å². The van der Waals surface area contributed by atoms with Gasteiger partial charge in [0.25, 0.3) is 0 Å². The van der Waals surface area contributed by atoms with Gasteiger partial charge in [-0.15, -0.1) is 0 Å². The Balaban J connectivity index is 2.31. The largest absolute Gasteiger partial charge is 0.450 e. The number of rotatable bonds is 2. The molecule has 0 aromatic heterocycles. The summed E-state index contributed by atoms with van der Waals surface area (Å²) in [6, 6.07) is 0. The highest BCUT2D eigenvalue weighted by molar-refractivity contribution is 5.67. The van der Waals surface area contributed by atoms with Gasteiger partial charge in [-0.25, -0.2) is 14.8 Å². The number of piperazine rings is 1. The number of hydrogen-bond donors (Lipinski definition) is 0. The van der Waals surface area contributed by atoms with Gasteiger partial charge in [0, 0.05) is 40.3 Å². The standard InChI is InChI=1S/C9H19N3O2/c1-4-14-9(13)11-5-7-12(8-6-11)10(2)3/h4-8H2,1-3H3. The Kier molecular flexibility index (Phi) is 4.16. The lowest BCUT2D eigenvalue weighted by molar-refractivity contribution is -0.0180. The molecule has 14 heavy (non-hydrogen) atoms. The zero-order valence-electron chi connectivity index (χ0n) is 9.19. The first-order valence-corrected chi connectivity index (χ1v) is 4.99. The molecular formula is C9H19N3O2. The van der Waals surface area contributed by atoms with E-state index in [0.717, 1.165) is 26.2 Å². The number of amides is 1. The van der Waals surface area contributed by atoms with Gasteiger partial charge in [-0.2, -0.15) is 0 Å². The molecule has 0 aliphatic carbocycles. The van der Waals surface area contributed by atoms with Crippen LogP contribution in [0.2, 0.25) is 0 Å². The lowest BCUT2D eigenvalue weighted by atomic mass is 10.4. The van der Waals surface area contributed by atoms with E-state index in [1.807, 2.05) is 21.0 Å². The van der Waals surface area contributed by atoms with E-state index in [9.17, 15) is 4.79 Å². The van der Waals surface area contributed by atoms with Gasteiger partial charge in [-0.3, -0.25) is 0 Å². The third kappa shape index (κ3) is 2.85. The fourth-order valence-corrected chi connectivity index (χ4v) is 1.49. The highest BCUT2D eigenvalue weighted by Crippen LogP contribution is 2.04. The molecule has 1 fully saturated rings. The van der Waals surface area contributed by atoms with Crippen molar-refractivity contribution in [3.05, 3.63) is 0 Å². The maximum atomic E-state index is 11.3. The number of carbonyl (C=O) groups is 1. The van der Waals surface area contributed by atoms with Crippen molar-refractivity contribution in [1.29, 1.82) is 0 Å².